The highest BCUT2D eigenvalue weighted by Crippen LogP contribution is 2.28. The highest BCUT2D eigenvalue weighted by atomic mass is 14.9. The number of H-pyrrole nitrogens is 1. The number of nitrogens with one attached hydrogen (secondary N) is 1. The minimum Gasteiger partial charge on any atom is -0.346 e. The molecule has 0 fully saturated rings. The molecule has 1 N–H and O–H groups in total. The van der Waals surface area contributed by atoms with Crippen molar-refractivity contribution in [3.63, 3.8) is 0 Å². The van der Waals surface area contributed by atoms with E-state index in [0.29, 0.717) is 0 Å². The van der Waals surface area contributed by atoms with E-state index in [0.717, 1.165) is 18.3 Å². The van der Waals surface area contributed by atoms with Crippen molar-refractivity contribution in [3.05, 3.63) is 17.2 Å². The van der Waals surface area contributed by atoms with Gasteiger partial charge in [-0.15, -0.1) is 0 Å². The maximum Gasteiger partial charge on any atom is 0.106 e. The highest BCUT2D eigenvalue weighted by molar-refractivity contribution is 5.19. The molecule has 0 aromatic carbocycles. The van der Waals surface area contributed by atoms with Crippen LogP contribution in [0.25, 0.3) is 0 Å². The number of nitrogens with zero attached hydrogens (tertiary/aromatic N) is 1. The summed E-state index contributed by atoms with van der Waals surface area (Å²) in [7, 11) is 0. The van der Waals surface area contributed by atoms with Crippen LogP contribution in [0.2, 0.25) is 0 Å². The molecule has 1 heterocycles. The topological polar surface area (TPSA) is 28.7 Å². The fraction of sp³-hybridized carbons (Fsp3) is 0.812. The van der Waals surface area contributed by atoms with Crippen LogP contribution in [0.5, 0.6) is 0 Å². The van der Waals surface area contributed by atoms with E-state index < -0.39 is 0 Å². The fourth-order valence-corrected chi connectivity index (χ4v) is 2.89. The van der Waals surface area contributed by atoms with E-state index in [1.807, 2.05) is 0 Å². The van der Waals surface area contributed by atoms with Gasteiger partial charge in [-0.1, -0.05) is 46.5 Å². The van der Waals surface area contributed by atoms with Crippen LogP contribution in [0.15, 0.2) is 0 Å². The van der Waals surface area contributed by atoms with Gasteiger partial charge in [-0.2, -0.15) is 0 Å². The van der Waals surface area contributed by atoms with Crippen molar-refractivity contribution in [2.75, 3.05) is 0 Å². The number of aromatic amines is 1. The van der Waals surface area contributed by atoms with Gasteiger partial charge in [-0.05, 0) is 31.1 Å². The predicted octanol–water partition coefficient (Wildman–Crippen LogP) is 4.29. The number of imidazole rings is 1. The summed E-state index contributed by atoms with van der Waals surface area (Å²) in [5, 5.41) is 0. The number of hydrogen-bond donors (Lipinski definition) is 1. The van der Waals surface area contributed by atoms with E-state index in [2.05, 4.69) is 25.8 Å². The second-order valence-corrected chi connectivity index (χ2v) is 6.14. The van der Waals surface area contributed by atoms with Crippen LogP contribution >= 0.6 is 0 Å². The van der Waals surface area contributed by atoms with E-state index in [4.69, 9.17) is 4.98 Å². The normalized spacial score (nSPS) is 23.1. The smallest absolute Gasteiger partial charge is 0.106 e. The minimum absolute atomic E-state index is 0.790. The summed E-state index contributed by atoms with van der Waals surface area (Å²) in [5.41, 5.74) is 2.77. The Morgan fingerprint density at radius 2 is 1.78 bits per heavy atom. The Labute approximate surface area is 112 Å². The number of aryl methyl sites for hydroxylation is 1. The van der Waals surface area contributed by atoms with Crippen molar-refractivity contribution in [1.82, 2.24) is 9.97 Å². The van der Waals surface area contributed by atoms with Crippen LogP contribution in [-0.4, -0.2) is 9.97 Å². The highest BCUT2D eigenvalue weighted by Gasteiger charge is 2.24. The van der Waals surface area contributed by atoms with Gasteiger partial charge < -0.3 is 4.98 Å². The number of hydrogen-bond acceptors (Lipinski definition) is 1. The SMILES string of the molecule is CCCCCCCc1nc2c([nH]1)CC(C)C(C)C2. The van der Waals surface area contributed by atoms with Gasteiger partial charge in [-0.25, -0.2) is 4.98 Å². The second-order valence-electron chi connectivity index (χ2n) is 6.14. The zero-order chi connectivity index (χ0) is 13.0. The molecule has 1 aliphatic carbocycles. The molecule has 0 radical (unpaired) electrons. The quantitative estimate of drug-likeness (QED) is 0.747. The lowest BCUT2D eigenvalue weighted by Crippen LogP contribution is -2.20. The third-order valence-electron chi connectivity index (χ3n) is 4.44. The first-order valence-electron chi connectivity index (χ1n) is 7.77. The molecule has 18 heavy (non-hydrogen) atoms. The van der Waals surface area contributed by atoms with Gasteiger partial charge in [0, 0.05) is 12.1 Å². The van der Waals surface area contributed by atoms with Crippen LogP contribution < -0.4 is 0 Å². The summed E-state index contributed by atoms with van der Waals surface area (Å²) < 4.78 is 0. The first-order valence-corrected chi connectivity index (χ1v) is 7.77. The molecule has 2 heteroatoms. The Morgan fingerprint density at radius 1 is 1.06 bits per heavy atom. The Morgan fingerprint density at radius 3 is 2.56 bits per heavy atom. The predicted molar refractivity (Wildman–Crippen MR) is 76.8 cm³/mol. The lowest BCUT2D eigenvalue weighted by molar-refractivity contribution is 0.355. The number of rotatable bonds is 6. The van der Waals surface area contributed by atoms with E-state index in [1.165, 1.54) is 62.2 Å². The molecule has 2 nitrogen and oxygen atoms in total. The molecule has 102 valence electrons. The monoisotopic (exact) mass is 248 g/mol. The molecule has 1 aliphatic rings. The largest absolute Gasteiger partial charge is 0.346 e. The van der Waals surface area contributed by atoms with Gasteiger partial charge in [0.1, 0.15) is 5.82 Å². The molecule has 0 bridgehead atoms. The van der Waals surface area contributed by atoms with Gasteiger partial charge in [0.05, 0.1) is 5.69 Å². The van der Waals surface area contributed by atoms with Crippen molar-refractivity contribution in [2.45, 2.75) is 72.1 Å². The molecule has 0 saturated carbocycles. The maximum absolute atomic E-state index is 4.80. The molecular weight excluding hydrogens is 220 g/mol. The van der Waals surface area contributed by atoms with Gasteiger partial charge in [0.2, 0.25) is 0 Å². The molecule has 0 amide bonds. The van der Waals surface area contributed by atoms with Crippen molar-refractivity contribution in [2.24, 2.45) is 11.8 Å². The number of aromatic nitrogens is 2. The van der Waals surface area contributed by atoms with Crippen LogP contribution in [0.4, 0.5) is 0 Å². The Hall–Kier alpha value is -0.790. The Bertz CT molecular complexity index is 340. The molecule has 0 aliphatic heterocycles. The zero-order valence-electron chi connectivity index (χ0n) is 12.3. The summed E-state index contributed by atoms with van der Waals surface area (Å²) in [6.07, 6.45) is 10.2. The van der Waals surface area contributed by atoms with Gasteiger partial charge in [0.25, 0.3) is 0 Å². The summed E-state index contributed by atoms with van der Waals surface area (Å²) in [6, 6.07) is 0. The second kappa shape index (κ2) is 6.40. The third kappa shape index (κ3) is 3.37. The Kier molecular flexibility index (Phi) is 4.85. The summed E-state index contributed by atoms with van der Waals surface area (Å²) >= 11 is 0. The Balaban J connectivity index is 1.83. The van der Waals surface area contributed by atoms with Crippen molar-refractivity contribution in [3.8, 4) is 0 Å². The van der Waals surface area contributed by atoms with Crippen LogP contribution in [0.1, 0.15) is 70.1 Å². The van der Waals surface area contributed by atoms with Gasteiger partial charge in [-0.3, -0.25) is 0 Å². The molecule has 1 aromatic rings. The van der Waals surface area contributed by atoms with Crippen LogP contribution in [-0.2, 0) is 19.3 Å². The van der Waals surface area contributed by atoms with Crippen molar-refractivity contribution < 1.29 is 0 Å². The molecule has 0 spiro atoms. The summed E-state index contributed by atoms with van der Waals surface area (Å²) in [4.78, 5) is 8.36. The fourth-order valence-electron chi connectivity index (χ4n) is 2.89. The molecule has 2 atom stereocenters. The average molecular weight is 248 g/mol. The minimum atomic E-state index is 0.790. The van der Waals surface area contributed by atoms with Crippen LogP contribution in [0, 0.1) is 11.8 Å². The number of unbranched alkanes of at least 4 members (excludes halogenated alkanes) is 4. The summed E-state index contributed by atoms with van der Waals surface area (Å²) in [6.45, 7) is 6.98. The molecule has 0 saturated heterocycles. The van der Waals surface area contributed by atoms with E-state index in [9.17, 15) is 0 Å². The van der Waals surface area contributed by atoms with Crippen molar-refractivity contribution >= 4 is 0 Å². The average Bonchev–Trinajstić information content (AvgIpc) is 2.71. The molecule has 2 unspecified atom stereocenters. The number of fused-ring (bicyclic) bond motifs is 1. The standard InChI is InChI=1S/C16H28N2/c1-4-5-6-7-8-9-16-17-14-10-12(2)13(3)11-15(14)18-16/h12-13H,4-11H2,1-3H3,(H,17,18). The molecule has 1 aromatic heterocycles. The summed E-state index contributed by atoms with van der Waals surface area (Å²) in [5.74, 6) is 2.83. The van der Waals surface area contributed by atoms with E-state index >= 15 is 0 Å². The first-order chi connectivity index (χ1) is 8.70. The lowest BCUT2D eigenvalue weighted by atomic mass is 9.82. The van der Waals surface area contributed by atoms with E-state index in [1.54, 1.807) is 0 Å². The van der Waals surface area contributed by atoms with Crippen molar-refractivity contribution in [1.29, 1.82) is 0 Å². The van der Waals surface area contributed by atoms with Gasteiger partial charge in [0.15, 0.2) is 0 Å². The lowest BCUT2D eigenvalue weighted by Gasteiger charge is -2.24. The molecular formula is C16H28N2. The van der Waals surface area contributed by atoms with Crippen LogP contribution in [0.3, 0.4) is 0 Å². The molecule has 2 rings (SSSR count). The van der Waals surface area contributed by atoms with E-state index in [-0.39, 0.29) is 0 Å². The zero-order valence-corrected chi connectivity index (χ0v) is 12.3. The third-order valence-corrected chi connectivity index (χ3v) is 4.44. The van der Waals surface area contributed by atoms with Gasteiger partial charge >= 0.3 is 0 Å². The maximum atomic E-state index is 4.80. The first kappa shape index (κ1) is 13.6.